The lowest BCUT2D eigenvalue weighted by Crippen LogP contribution is -2.19. The summed E-state index contributed by atoms with van der Waals surface area (Å²) < 4.78 is 29.5. The molecule has 0 fully saturated rings. The van der Waals surface area contributed by atoms with Crippen molar-refractivity contribution in [3.63, 3.8) is 0 Å². The van der Waals surface area contributed by atoms with Gasteiger partial charge in [0.15, 0.2) is 0 Å². The maximum absolute atomic E-state index is 14.4. The molecule has 0 bridgehead atoms. The molecule has 0 unspecified atom stereocenters. The van der Waals surface area contributed by atoms with E-state index in [0.717, 1.165) is 11.6 Å². The molecule has 35 heavy (non-hydrogen) atoms. The summed E-state index contributed by atoms with van der Waals surface area (Å²) in [6.07, 6.45) is 3.35. The fourth-order valence-corrected chi connectivity index (χ4v) is 3.66. The summed E-state index contributed by atoms with van der Waals surface area (Å²) in [4.78, 5) is 27.7. The van der Waals surface area contributed by atoms with Gasteiger partial charge in [-0.25, -0.2) is 8.78 Å². The van der Waals surface area contributed by atoms with E-state index in [1.54, 1.807) is 48.4 Å². The minimum Gasteiger partial charge on any atom is -0.355 e. The van der Waals surface area contributed by atoms with E-state index in [4.69, 9.17) is 0 Å². The van der Waals surface area contributed by atoms with Crippen LogP contribution in [0.1, 0.15) is 28.4 Å². The lowest BCUT2D eigenvalue weighted by Gasteiger charge is -2.11. The van der Waals surface area contributed by atoms with Crippen molar-refractivity contribution in [1.29, 1.82) is 0 Å². The van der Waals surface area contributed by atoms with Crippen LogP contribution in [0.15, 0.2) is 67.0 Å². The average Bonchev–Trinajstić information content (AvgIpc) is 3.30. The van der Waals surface area contributed by atoms with Crippen molar-refractivity contribution < 1.29 is 18.4 Å². The van der Waals surface area contributed by atoms with Gasteiger partial charge in [0.1, 0.15) is 11.6 Å². The summed E-state index contributed by atoms with van der Waals surface area (Å²) in [6.45, 7) is 2.05. The molecule has 178 valence electrons. The largest absolute Gasteiger partial charge is 0.355 e. The first kappa shape index (κ1) is 23.7. The smallest absolute Gasteiger partial charge is 0.251 e. The van der Waals surface area contributed by atoms with E-state index >= 15 is 0 Å². The van der Waals surface area contributed by atoms with Crippen molar-refractivity contribution in [3.8, 4) is 22.5 Å². The third-order valence-electron chi connectivity index (χ3n) is 5.40. The molecule has 0 aliphatic heterocycles. The van der Waals surface area contributed by atoms with Crippen molar-refractivity contribution in [2.75, 3.05) is 7.05 Å². The fraction of sp³-hybridized carbons (Fsp3) is 0.154. The zero-order valence-electron chi connectivity index (χ0n) is 19.2. The number of hydrogen-bond acceptors (Lipinski definition) is 4. The predicted molar refractivity (Wildman–Crippen MR) is 127 cm³/mol. The van der Waals surface area contributed by atoms with Crippen LogP contribution in [0.25, 0.3) is 22.5 Å². The maximum atomic E-state index is 14.4. The number of aromatic nitrogens is 3. The van der Waals surface area contributed by atoms with Gasteiger partial charge in [0.25, 0.3) is 5.91 Å². The van der Waals surface area contributed by atoms with E-state index < -0.39 is 11.6 Å². The molecular formula is C26H23F2N5O2. The Labute approximate surface area is 200 Å². The first-order valence-electron chi connectivity index (χ1n) is 10.9. The third kappa shape index (κ3) is 5.57. The summed E-state index contributed by atoms with van der Waals surface area (Å²) in [5.41, 5.74) is 3.86. The number of carbonyl (C=O) groups excluding carboxylic acids is 2. The first-order chi connectivity index (χ1) is 16.8. The van der Waals surface area contributed by atoms with Gasteiger partial charge < -0.3 is 10.6 Å². The highest BCUT2D eigenvalue weighted by Gasteiger charge is 2.15. The van der Waals surface area contributed by atoms with Crippen LogP contribution >= 0.6 is 0 Å². The number of hydrogen-bond donors (Lipinski definition) is 2. The van der Waals surface area contributed by atoms with Gasteiger partial charge in [-0.15, -0.1) is 0 Å². The molecule has 2 N–H and O–H groups in total. The quantitative estimate of drug-likeness (QED) is 0.424. The Hall–Kier alpha value is -4.40. The van der Waals surface area contributed by atoms with Gasteiger partial charge in [-0.1, -0.05) is 12.1 Å². The van der Waals surface area contributed by atoms with Crippen LogP contribution in [0.3, 0.4) is 0 Å². The minimum absolute atomic E-state index is 0.157. The molecule has 0 saturated heterocycles. The number of pyridine rings is 1. The lowest BCUT2D eigenvalue weighted by molar-refractivity contribution is -0.119. The molecule has 0 aliphatic rings. The molecule has 7 nitrogen and oxygen atoms in total. The number of amides is 2. The summed E-state index contributed by atoms with van der Waals surface area (Å²) >= 11 is 0. The minimum atomic E-state index is -0.723. The van der Waals surface area contributed by atoms with E-state index in [0.29, 0.717) is 34.6 Å². The molecule has 0 radical (unpaired) electrons. The second-order valence-corrected chi connectivity index (χ2v) is 7.94. The summed E-state index contributed by atoms with van der Waals surface area (Å²) in [5.74, 6) is -1.77. The fourth-order valence-electron chi connectivity index (χ4n) is 3.66. The van der Waals surface area contributed by atoms with E-state index in [2.05, 4.69) is 20.7 Å². The van der Waals surface area contributed by atoms with Gasteiger partial charge in [0, 0.05) is 55.7 Å². The summed E-state index contributed by atoms with van der Waals surface area (Å²) in [6, 6.07) is 14.0. The van der Waals surface area contributed by atoms with Crippen LogP contribution in [0, 0.1) is 11.6 Å². The van der Waals surface area contributed by atoms with Crippen LogP contribution in [0.5, 0.6) is 0 Å². The molecule has 9 heteroatoms. The van der Waals surface area contributed by atoms with Gasteiger partial charge in [0.05, 0.1) is 17.9 Å². The number of halogens is 2. The Morgan fingerprint density at radius 1 is 1.00 bits per heavy atom. The molecular weight excluding hydrogens is 452 g/mol. The van der Waals surface area contributed by atoms with Crippen LogP contribution in [0.4, 0.5) is 8.78 Å². The highest BCUT2D eigenvalue weighted by Crippen LogP contribution is 2.29. The Morgan fingerprint density at radius 3 is 2.57 bits per heavy atom. The molecule has 2 heterocycles. The van der Waals surface area contributed by atoms with E-state index in [1.165, 1.54) is 19.1 Å². The predicted octanol–water partition coefficient (Wildman–Crippen LogP) is 3.93. The number of rotatable bonds is 7. The van der Waals surface area contributed by atoms with E-state index in [-0.39, 0.29) is 23.9 Å². The van der Waals surface area contributed by atoms with Gasteiger partial charge in [-0.05, 0) is 47.5 Å². The van der Waals surface area contributed by atoms with Crippen LogP contribution in [-0.2, 0) is 17.9 Å². The molecule has 0 spiro atoms. The van der Waals surface area contributed by atoms with Crippen molar-refractivity contribution in [3.05, 3.63) is 95.3 Å². The van der Waals surface area contributed by atoms with Gasteiger partial charge in [0.2, 0.25) is 5.91 Å². The van der Waals surface area contributed by atoms with Crippen molar-refractivity contribution in [2.24, 2.45) is 0 Å². The standard InChI is InChI=1S/C26H23F2N5O2/c1-16(34)30-13-19-14-31-25(21-7-6-20(27)11-23(21)28)12-22(19)24-8-9-33(32-24)15-17-4-3-5-18(10-17)26(35)29-2/h3-12,14H,13,15H2,1-2H3,(H,29,35)(H,30,34). The first-order valence-corrected chi connectivity index (χ1v) is 10.9. The Bertz CT molecular complexity index is 1400. The Balaban J connectivity index is 1.68. The molecule has 2 amide bonds. The van der Waals surface area contributed by atoms with E-state index in [1.807, 2.05) is 12.1 Å². The molecule has 4 aromatic rings. The van der Waals surface area contributed by atoms with Crippen LogP contribution < -0.4 is 10.6 Å². The highest BCUT2D eigenvalue weighted by atomic mass is 19.1. The van der Waals surface area contributed by atoms with Gasteiger partial charge in [-0.2, -0.15) is 5.10 Å². The maximum Gasteiger partial charge on any atom is 0.251 e. The summed E-state index contributed by atoms with van der Waals surface area (Å²) in [5, 5.41) is 10.0. The average molecular weight is 475 g/mol. The Morgan fingerprint density at radius 2 is 1.83 bits per heavy atom. The monoisotopic (exact) mass is 475 g/mol. The molecule has 0 saturated carbocycles. The van der Waals surface area contributed by atoms with E-state index in [9.17, 15) is 18.4 Å². The Kier molecular flexibility index (Phi) is 6.96. The molecule has 2 aromatic carbocycles. The molecule has 0 atom stereocenters. The molecule has 0 aliphatic carbocycles. The van der Waals surface area contributed by atoms with Crippen molar-refractivity contribution in [1.82, 2.24) is 25.4 Å². The zero-order chi connectivity index (χ0) is 24.9. The summed E-state index contributed by atoms with van der Waals surface area (Å²) in [7, 11) is 1.58. The number of nitrogens with one attached hydrogen (secondary N) is 2. The lowest BCUT2D eigenvalue weighted by atomic mass is 10.0. The van der Waals surface area contributed by atoms with Crippen molar-refractivity contribution >= 4 is 11.8 Å². The normalized spacial score (nSPS) is 10.7. The highest BCUT2D eigenvalue weighted by molar-refractivity contribution is 5.94. The number of nitrogens with zero attached hydrogens (tertiary/aromatic N) is 3. The second-order valence-electron chi connectivity index (χ2n) is 7.94. The number of carbonyl (C=O) groups is 2. The third-order valence-corrected chi connectivity index (χ3v) is 5.40. The zero-order valence-corrected chi connectivity index (χ0v) is 19.2. The van der Waals surface area contributed by atoms with Crippen LogP contribution in [0.2, 0.25) is 0 Å². The SMILES string of the molecule is CNC(=O)c1cccc(Cn2ccc(-c3cc(-c4ccc(F)cc4F)ncc3CNC(C)=O)n2)c1. The molecule has 4 rings (SSSR count). The van der Waals surface area contributed by atoms with Gasteiger partial charge >= 0.3 is 0 Å². The topological polar surface area (TPSA) is 88.9 Å². The van der Waals surface area contributed by atoms with Crippen molar-refractivity contribution in [2.45, 2.75) is 20.0 Å². The second kappa shape index (κ2) is 10.3. The molecule has 2 aromatic heterocycles. The number of benzene rings is 2. The van der Waals surface area contributed by atoms with Crippen LogP contribution in [-0.4, -0.2) is 33.6 Å². The van der Waals surface area contributed by atoms with Gasteiger partial charge in [-0.3, -0.25) is 19.3 Å².